The van der Waals surface area contributed by atoms with Gasteiger partial charge in [-0.25, -0.2) is 0 Å². The lowest BCUT2D eigenvalue weighted by atomic mass is 10.7. The van der Waals surface area contributed by atoms with Crippen molar-refractivity contribution < 1.29 is 0 Å². The van der Waals surface area contributed by atoms with Crippen LogP contribution in [0.1, 0.15) is 6.92 Å². The molecule has 3 heteroatoms. The van der Waals surface area contributed by atoms with Crippen molar-refractivity contribution in [3.05, 3.63) is 10.0 Å². The van der Waals surface area contributed by atoms with Crippen LogP contribution >= 0.6 is 27.7 Å². The summed E-state index contributed by atoms with van der Waals surface area (Å²) in [6.45, 7) is 2.12. The molecule has 0 aromatic carbocycles. The Balaban J connectivity index is 2.42. The molecule has 0 aromatic heterocycles. The molecule has 40 valence electrons. The third-order valence-electron chi connectivity index (χ3n) is 0.717. The maximum absolute atomic E-state index is 3.31. The Morgan fingerprint density at radius 1 is 2.00 bits per heavy atom. The number of thioether (sulfide) groups is 1. The Labute approximate surface area is 55.7 Å². The van der Waals surface area contributed by atoms with Gasteiger partial charge >= 0.3 is 0 Å². The van der Waals surface area contributed by atoms with E-state index in [9.17, 15) is 0 Å². The molecule has 0 aliphatic carbocycles. The maximum Gasteiger partial charge on any atom is 0.0853 e. The van der Waals surface area contributed by atoms with Gasteiger partial charge in [-0.2, -0.15) is 0 Å². The summed E-state index contributed by atoms with van der Waals surface area (Å²) < 4.78 is 1.10. The fraction of sp³-hybridized carbons (Fsp3) is 0.500. The normalized spacial score (nSPS) is 29.4. The van der Waals surface area contributed by atoms with E-state index in [4.69, 9.17) is 0 Å². The van der Waals surface area contributed by atoms with Gasteiger partial charge in [0.05, 0.1) is 9.98 Å². The highest BCUT2D eigenvalue weighted by atomic mass is 79.9. The van der Waals surface area contributed by atoms with Crippen LogP contribution < -0.4 is 5.32 Å². The molecule has 0 amide bonds. The van der Waals surface area contributed by atoms with Gasteiger partial charge in [0.15, 0.2) is 0 Å². The van der Waals surface area contributed by atoms with Crippen LogP contribution in [0.25, 0.3) is 0 Å². The molecule has 7 heavy (non-hydrogen) atoms. The first-order chi connectivity index (χ1) is 3.29. The molecule has 0 aromatic rings. The van der Waals surface area contributed by atoms with Gasteiger partial charge in [-0.05, 0) is 22.9 Å². The molecule has 1 atom stereocenters. The van der Waals surface area contributed by atoms with Gasteiger partial charge in [0.25, 0.3) is 0 Å². The van der Waals surface area contributed by atoms with E-state index in [0.717, 1.165) is 4.61 Å². The lowest BCUT2D eigenvalue weighted by Gasteiger charge is -1.99. The van der Waals surface area contributed by atoms with Crippen LogP contribution in [-0.4, -0.2) is 5.37 Å². The first-order valence-corrected chi connectivity index (χ1v) is 3.80. The Bertz CT molecular complexity index is 102. The third kappa shape index (κ3) is 1.39. The van der Waals surface area contributed by atoms with Crippen molar-refractivity contribution in [3.8, 4) is 0 Å². The minimum Gasteiger partial charge on any atom is -0.367 e. The molecular formula is C4H6BrNS. The average Bonchev–Trinajstić information content (AvgIpc) is 1.87. The zero-order valence-electron chi connectivity index (χ0n) is 3.94. The molecule has 1 aliphatic rings. The largest absolute Gasteiger partial charge is 0.367 e. The van der Waals surface area contributed by atoms with Crippen molar-refractivity contribution in [2.24, 2.45) is 0 Å². The average molecular weight is 180 g/mol. The van der Waals surface area contributed by atoms with Gasteiger partial charge in [-0.15, -0.1) is 11.8 Å². The van der Waals surface area contributed by atoms with Crippen LogP contribution in [0.15, 0.2) is 10.0 Å². The van der Waals surface area contributed by atoms with E-state index in [1.807, 2.05) is 0 Å². The third-order valence-corrected chi connectivity index (χ3v) is 2.38. The SMILES string of the molecule is CC1NC(Br)=CS1. The molecule has 1 unspecified atom stereocenters. The van der Waals surface area contributed by atoms with Crippen LogP contribution in [0.5, 0.6) is 0 Å². The Hall–Kier alpha value is 0.370. The van der Waals surface area contributed by atoms with Gasteiger partial charge in [-0.3, -0.25) is 0 Å². The van der Waals surface area contributed by atoms with Crippen LogP contribution in [0, 0.1) is 0 Å². The summed E-state index contributed by atoms with van der Waals surface area (Å²) in [7, 11) is 0. The summed E-state index contributed by atoms with van der Waals surface area (Å²) in [6, 6.07) is 0. The molecule has 1 nitrogen and oxygen atoms in total. The van der Waals surface area contributed by atoms with Crippen molar-refractivity contribution in [2.75, 3.05) is 0 Å². The number of hydrogen-bond acceptors (Lipinski definition) is 2. The highest BCUT2D eigenvalue weighted by molar-refractivity contribution is 9.11. The van der Waals surface area contributed by atoms with Crippen molar-refractivity contribution in [2.45, 2.75) is 12.3 Å². The van der Waals surface area contributed by atoms with Crippen LogP contribution in [0.2, 0.25) is 0 Å². The van der Waals surface area contributed by atoms with Crippen LogP contribution in [-0.2, 0) is 0 Å². The van der Waals surface area contributed by atoms with Crippen molar-refractivity contribution in [1.82, 2.24) is 5.32 Å². The number of rotatable bonds is 0. The topological polar surface area (TPSA) is 12.0 Å². The molecule has 0 saturated heterocycles. The molecule has 0 saturated carbocycles. The number of hydrogen-bond donors (Lipinski definition) is 1. The first kappa shape index (κ1) is 5.51. The van der Waals surface area contributed by atoms with E-state index in [1.165, 1.54) is 0 Å². The van der Waals surface area contributed by atoms with Gasteiger partial charge in [0, 0.05) is 5.41 Å². The molecule has 0 radical (unpaired) electrons. The lowest BCUT2D eigenvalue weighted by Crippen LogP contribution is -2.12. The van der Waals surface area contributed by atoms with Gasteiger partial charge in [0.1, 0.15) is 0 Å². The second kappa shape index (κ2) is 2.09. The quantitative estimate of drug-likeness (QED) is 0.571. The van der Waals surface area contributed by atoms with Gasteiger partial charge < -0.3 is 5.32 Å². The van der Waals surface area contributed by atoms with E-state index in [0.29, 0.717) is 5.37 Å². The summed E-state index contributed by atoms with van der Waals surface area (Å²) in [5, 5.41) is 5.77. The summed E-state index contributed by atoms with van der Waals surface area (Å²) in [6.07, 6.45) is 0. The fourth-order valence-corrected chi connectivity index (χ4v) is 1.83. The number of nitrogens with one attached hydrogen (secondary N) is 1. The van der Waals surface area contributed by atoms with Crippen molar-refractivity contribution in [1.29, 1.82) is 0 Å². The van der Waals surface area contributed by atoms with Gasteiger partial charge in [0.2, 0.25) is 0 Å². The van der Waals surface area contributed by atoms with E-state index in [1.54, 1.807) is 11.8 Å². The molecule has 1 N–H and O–H groups in total. The minimum absolute atomic E-state index is 0.550. The Morgan fingerprint density at radius 2 is 2.71 bits per heavy atom. The molecule has 1 aliphatic heterocycles. The summed E-state index contributed by atoms with van der Waals surface area (Å²) in [5.41, 5.74) is 0. The lowest BCUT2D eigenvalue weighted by molar-refractivity contribution is 0.865. The predicted molar refractivity (Wildman–Crippen MR) is 37.2 cm³/mol. The fourth-order valence-electron chi connectivity index (χ4n) is 0.424. The molecular weight excluding hydrogens is 174 g/mol. The summed E-state index contributed by atoms with van der Waals surface area (Å²) in [5.74, 6) is 0. The van der Waals surface area contributed by atoms with E-state index in [-0.39, 0.29) is 0 Å². The van der Waals surface area contributed by atoms with E-state index >= 15 is 0 Å². The monoisotopic (exact) mass is 179 g/mol. The Morgan fingerprint density at radius 3 is 2.86 bits per heavy atom. The second-order valence-electron chi connectivity index (χ2n) is 1.39. The van der Waals surface area contributed by atoms with Crippen molar-refractivity contribution in [3.63, 3.8) is 0 Å². The predicted octanol–water partition coefficient (Wildman–Crippen LogP) is 1.86. The highest BCUT2D eigenvalue weighted by Gasteiger charge is 2.06. The zero-order valence-corrected chi connectivity index (χ0v) is 6.34. The van der Waals surface area contributed by atoms with Gasteiger partial charge in [-0.1, -0.05) is 0 Å². The van der Waals surface area contributed by atoms with E-state index in [2.05, 4.69) is 33.6 Å². The summed E-state index contributed by atoms with van der Waals surface area (Å²) >= 11 is 5.09. The first-order valence-electron chi connectivity index (χ1n) is 2.07. The molecule has 0 spiro atoms. The molecule has 0 bridgehead atoms. The van der Waals surface area contributed by atoms with E-state index < -0.39 is 0 Å². The van der Waals surface area contributed by atoms with Crippen LogP contribution in [0.3, 0.4) is 0 Å². The smallest absolute Gasteiger partial charge is 0.0853 e. The Kier molecular flexibility index (Phi) is 1.65. The van der Waals surface area contributed by atoms with Crippen LogP contribution in [0.4, 0.5) is 0 Å². The molecule has 1 heterocycles. The zero-order chi connectivity index (χ0) is 5.28. The highest BCUT2D eigenvalue weighted by Crippen LogP contribution is 2.22. The maximum atomic E-state index is 3.31. The summed E-state index contributed by atoms with van der Waals surface area (Å²) in [4.78, 5) is 0. The van der Waals surface area contributed by atoms with Crippen molar-refractivity contribution >= 4 is 27.7 Å². The number of halogens is 1. The molecule has 0 fully saturated rings. The standard InChI is InChI=1S/C4H6BrNS/c1-3-6-4(5)2-7-3/h2-3,6H,1H3. The second-order valence-corrected chi connectivity index (χ2v) is 3.46. The minimum atomic E-state index is 0.550. The molecule has 1 rings (SSSR count).